The first-order valence-electron chi connectivity index (χ1n) is 7.40. The summed E-state index contributed by atoms with van der Waals surface area (Å²) in [6.45, 7) is 8.02. The van der Waals surface area contributed by atoms with E-state index in [1.807, 2.05) is 27.7 Å². The molecule has 1 amide bonds. The molecule has 7 nitrogen and oxygen atoms in total. The van der Waals surface area contributed by atoms with E-state index in [9.17, 15) is 4.79 Å². The molecule has 1 aliphatic rings. The number of H-pyrrole nitrogens is 1. The Labute approximate surface area is 128 Å². The number of carbonyl (C=O) groups excluding carboxylic acids is 1. The Balaban J connectivity index is 1.76. The molecule has 118 valence electrons. The smallest absolute Gasteiger partial charge is 0.272 e. The molecule has 7 heteroatoms. The summed E-state index contributed by atoms with van der Waals surface area (Å²) in [5.74, 6) is 0.524. The molecule has 0 saturated heterocycles. The van der Waals surface area contributed by atoms with Crippen LogP contribution in [-0.2, 0) is 17.7 Å². The highest BCUT2D eigenvalue weighted by atomic mass is 16.5. The molecule has 0 unspecified atom stereocenters. The maximum absolute atomic E-state index is 12.4. The summed E-state index contributed by atoms with van der Waals surface area (Å²) < 4.78 is 10.8. The quantitative estimate of drug-likeness (QED) is 0.904. The molecule has 0 aromatic carbocycles. The first-order valence-corrected chi connectivity index (χ1v) is 7.40. The normalized spacial score (nSPS) is 20.7. The highest BCUT2D eigenvalue weighted by Gasteiger charge is 2.29. The maximum Gasteiger partial charge on any atom is 0.272 e. The lowest BCUT2D eigenvalue weighted by atomic mass is 9.99. The zero-order valence-electron chi connectivity index (χ0n) is 13.2. The van der Waals surface area contributed by atoms with Gasteiger partial charge in [-0.05, 0) is 27.7 Å². The van der Waals surface area contributed by atoms with E-state index in [2.05, 4.69) is 20.7 Å². The van der Waals surface area contributed by atoms with Gasteiger partial charge in [0.2, 0.25) is 0 Å². The van der Waals surface area contributed by atoms with Crippen LogP contribution < -0.4 is 5.32 Å². The molecule has 0 spiro atoms. The fourth-order valence-corrected chi connectivity index (χ4v) is 2.87. The Kier molecular flexibility index (Phi) is 3.74. The summed E-state index contributed by atoms with van der Waals surface area (Å²) in [5.41, 5.74) is 3.98. The number of nitrogens with one attached hydrogen (secondary N) is 2. The second-order valence-corrected chi connectivity index (χ2v) is 5.74. The van der Waals surface area contributed by atoms with E-state index in [-0.39, 0.29) is 18.1 Å². The highest BCUT2D eigenvalue weighted by molar-refractivity contribution is 5.94. The summed E-state index contributed by atoms with van der Waals surface area (Å²) in [6, 6.07) is 0. The number of aryl methyl sites for hydroxylation is 2. The van der Waals surface area contributed by atoms with Crippen LogP contribution in [0.15, 0.2) is 4.52 Å². The van der Waals surface area contributed by atoms with Gasteiger partial charge in [0.05, 0.1) is 23.6 Å². The maximum atomic E-state index is 12.4. The summed E-state index contributed by atoms with van der Waals surface area (Å²) in [7, 11) is 0. The van der Waals surface area contributed by atoms with Crippen molar-refractivity contribution in [3.05, 3.63) is 34.0 Å². The minimum Gasteiger partial charge on any atom is -0.369 e. The van der Waals surface area contributed by atoms with Crippen LogP contribution in [0, 0.1) is 13.8 Å². The first kappa shape index (κ1) is 14.8. The van der Waals surface area contributed by atoms with Crippen LogP contribution in [0.5, 0.6) is 0 Å². The molecule has 2 aromatic rings. The van der Waals surface area contributed by atoms with Crippen LogP contribution >= 0.6 is 0 Å². The van der Waals surface area contributed by atoms with Crippen molar-refractivity contribution < 1.29 is 14.1 Å². The van der Waals surface area contributed by atoms with E-state index in [0.29, 0.717) is 18.7 Å². The van der Waals surface area contributed by atoms with Crippen molar-refractivity contribution in [1.29, 1.82) is 0 Å². The van der Waals surface area contributed by atoms with Crippen molar-refractivity contribution in [3.63, 3.8) is 0 Å². The third-order valence-corrected chi connectivity index (χ3v) is 4.06. The van der Waals surface area contributed by atoms with Crippen molar-refractivity contribution in [3.8, 4) is 0 Å². The van der Waals surface area contributed by atoms with Gasteiger partial charge < -0.3 is 14.6 Å². The SMILES string of the molecule is Cc1noc(C)c1CNC(=O)c1n[nH]c2c1C[C@@H](C)O[C@H]2C. The number of hydrogen-bond acceptors (Lipinski definition) is 5. The van der Waals surface area contributed by atoms with Gasteiger partial charge in [-0.15, -0.1) is 0 Å². The zero-order valence-corrected chi connectivity index (χ0v) is 13.2. The van der Waals surface area contributed by atoms with Gasteiger partial charge in [0.1, 0.15) is 5.76 Å². The average molecular weight is 304 g/mol. The Hall–Kier alpha value is -2.15. The van der Waals surface area contributed by atoms with Crippen LogP contribution in [0.3, 0.4) is 0 Å². The molecule has 0 bridgehead atoms. The minimum atomic E-state index is -0.196. The van der Waals surface area contributed by atoms with Gasteiger partial charge in [0, 0.05) is 24.1 Å². The molecule has 1 aliphatic heterocycles. The van der Waals surface area contributed by atoms with Crippen LogP contribution in [0.25, 0.3) is 0 Å². The number of aromatic amines is 1. The monoisotopic (exact) mass is 304 g/mol. The lowest BCUT2D eigenvalue weighted by Gasteiger charge is -2.25. The van der Waals surface area contributed by atoms with Crippen LogP contribution in [0.1, 0.15) is 58.7 Å². The Morgan fingerprint density at radius 2 is 2.18 bits per heavy atom. The second kappa shape index (κ2) is 5.57. The fraction of sp³-hybridized carbons (Fsp3) is 0.533. The van der Waals surface area contributed by atoms with Gasteiger partial charge in [0.25, 0.3) is 5.91 Å². The van der Waals surface area contributed by atoms with E-state index in [1.165, 1.54) is 0 Å². The minimum absolute atomic E-state index is 0.0737. The number of aromatic nitrogens is 3. The Morgan fingerprint density at radius 3 is 2.86 bits per heavy atom. The number of amides is 1. The van der Waals surface area contributed by atoms with E-state index < -0.39 is 0 Å². The molecule has 2 atom stereocenters. The van der Waals surface area contributed by atoms with Crippen LogP contribution in [-0.4, -0.2) is 27.4 Å². The molecule has 2 N–H and O–H groups in total. The summed E-state index contributed by atoms with van der Waals surface area (Å²) in [5, 5.41) is 13.9. The number of nitrogens with zero attached hydrogens (tertiary/aromatic N) is 2. The number of ether oxygens (including phenoxy) is 1. The van der Waals surface area contributed by atoms with E-state index >= 15 is 0 Å². The van der Waals surface area contributed by atoms with Crippen LogP contribution in [0.4, 0.5) is 0 Å². The number of carbonyl (C=O) groups is 1. The first-order chi connectivity index (χ1) is 10.5. The van der Waals surface area contributed by atoms with E-state index in [4.69, 9.17) is 9.26 Å². The fourth-order valence-electron chi connectivity index (χ4n) is 2.87. The number of fused-ring (bicyclic) bond motifs is 1. The van der Waals surface area contributed by atoms with Crippen LogP contribution in [0.2, 0.25) is 0 Å². The van der Waals surface area contributed by atoms with Gasteiger partial charge in [-0.25, -0.2) is 0 Å². The van der Waals surface area contributed by atoms with Crippen molar-refractivity contribution in [2.75, 3.05) is 0 Å². The van der Waals surface area contributed by atoms with Gasteiger partial charge >= 0.3 is 0 Å². The molecular formula is C15H20N4O3. The molecule has 2 aromatic heterocycles. The van der Waals surface area contributed by atoms with Gasteiger partial charge in [0.15, 0.2) is 5.69 Å². The topological polar surface area (TPSA) is 93.0 Å². The second-order valence-electron chi connectivity index (χ2n) is 5.74. The Morgan fingerprint density at radius 1 is 1.41 bits per heavy atom. The molecule has 0 radical (unpaired) electrons. The summed E-state index contributed by atoms with van der Waals surface area (Å²) >= 11 is 0. The number of rotatable bonds is 3. The van der Waals surface area contributed by atoms with Gasteiger partial charge in [-0.1, -0.05) is 5.16 Å². The van der Waals surface area contributed by atoms with Crippen molar-refractivity contribution >= 4 is 5.91 Å². The highest BCUT2D eigenvalue weighted by Crippen LogP contribution is 2.30. The van der Waals surface area contributed by atoms with Gasteiger partial charge in [-0.2, -0.15) is 5.10 Å². The van der Waals surface area contributed by atoms with Crippen molar-refractivity contribution in [2.24, 2.45) is 0 Å². The lowest BCUT2D eigenvalue weighted by molar-refractivity contribution is -0.00697. The van der Waals surface area contributed by atoms with Crippen molar-refractivity contribution in [1.82, 2.24) is 20.7 Å². The molecular weight excluding hydrogens is 284 g/mol. The van der Waals surface area contributed by atoms with Crippen molar-refractivity contribution in [2.45, 2.75) is 52.9 Å². The molecule has 0 aliphatic carbocycles. The average Bonchev–Trinajstić information content (AvgIpc) is 3.01. The molecule has 3 rings (SSSR count). The predicted octanol–water partition coefficient (Wildman–Crippen LogP) is 1.97. The summed E-state index contributed by atoms with van der Waals surface area (Å²) in [4.78, 5) is 12.4. The van der Waals surface area contributed by atoms with E-state index in [0.717, 1.165) is 28.3 Å². The summed E-state index contributed by atoms with van der Waals surface area (Å²) in [6.07, 6.45) is 0.689. The lowest BCUT2D eigenvalue weighted by Crippen LogP contribution is -2.27. The third-order valence-electron chi connectivity index (χ3n) is 4.06. The Bertz CT molecular complexity index is 684. The standard InChI is InChI=1S/C15H20N4O3/c1-7-5-11-13(10(4)21-7)17-18-14(11)15(20)16-6-12-8(2)19-22-9(12)3/h7,10H,5-6H2,1-4H3,(H,16,20)(H,17,18)/t7-,10+/m1/s1. The molecule has 22 heavy (non-hydrogen) atoms. The predicted molar refractivity (Wildman–Crippen MR) is 78.4 cm³/mol. The largest absolute Gasteiger partial charge is 0.369 e. The number of hydrogen-bond donors (Lipinski definition) is 2. The zero-order chi connectivity index (χ0) is 15.9. The third kappa shape index (κ3) is 2.52. The molecule has 3 heterocycles. The molecule has 0 fully saturated rings. The molecule has 0 saturated carbocycles. The van der Waals surface area contributed by atoms with E-state index in [1.54, 1.807) is 0 Å². The van der Waals surface area contributed by atoms with Gasteiger partial charge in [-0.3, -0.25) is 9.89 Å².